The van der Waals surface area contributed by atoms with Gasteiger partial charge in [-0.3, -0.25) is 4.79 Å². The molecule has 1 aliphatic rings. The van der Waals surface area contributed by atoms with Crippen LogP contribution in [0, 0.1) is 5.82 Å². The third-order valence-electron chi connectivity index (χ3n) is 3.95. The van der Waals surface area contributed by atoms with E-state index < -0.39 is 32.7 Å². The molecule has 3 rings (SSSR count). The van der Waals surface area contributed by atoms with Crippen LogP contribution in [0.1, 0.15) is 18.4 Å². The van der Waals surface area contributed by atoms with E-state index >= 15 is 0 Å². The molecule has 25 heavy (non-hydrogen) atoms. The van der Waals surface area contributed by atoms with Gasteiger partial charge in [-0.1, -0.05) is 42.5 Å². The van der Waals surface area contributed by atoms with Gasteiger partial charge in [-0.05, 0) is 37.0 Å². The van der Waals surface area contributed by atoms with Crippen LogP contribution in [0.5, 0.6) is 0 Å². The van der Waals surface area contributed by atoms with E-state index in [1.807, 2.05) is 30.3 Å². The van der Waals surface area contributed by atoms with Gasteiger partial charge in [-0.25, -0.2) is 12.8 Å². The monoisotopic (exact) mass is 362 g/mol. The van der Waals surface area contributed by atoms with Gasteiger partial charge < -0.3 is 5.32 Å². The Morgan fingerprint density at radius 1 is 1.08 bits per heavy atom. The molecule has 0 heterocycles. The Balaban J connectivity index is 1.83. The standard InChI is InChI=1S/C18H19FN2O3S/c19-15-8-4-5-9-17(15)25(23,24)21-16(18(22)20-14-10-11-14)12-13-6-2-1-3-7-13/h1-9,14,16,21H,10-12H2,(H,20,22)/t16-/m0/s1. The van der Waals surface area contributed by atoms with Crippen LogP contribution in [0.2, 0.25) is 0 Å². The molecule has 2 N–H and O–H groups in total. The molecular formula is C18H19FN2O3S. The Kier molecular flexibility index (Phi) is 5.15. The smallest absolute Gasteiger partial charge is 0.244 e. The summed E-state index contributed by atoms with van der Waals surface area (Å²) >= 11 is 0. The van der Waals surface area contributed by atoms with E-state index in [4.69, 9.17) is 0 Å². The number of carbonyl (C=O) groups is 1. The van der Waals surface area contributed by atoms with E-state index in [9.17, 15) is 17.6 Å². The molecule has 2 aromatic carbocycles. The third-order valence-corrected chi connectivity index (χ3v) is 5.45. The molecule has 0 aliphatic heterocycles. The molecule has 1 atom stereocenters. The minimum atomic E-state index is -4.16. The summed E-state index contributed by atoms with van der Waals surface area (Å²) in [5.41, 5.74) is 0.815. The normalized spacial score (nSPS) is 15.6. The lowest BCUT2D eigenvalue weighted by molar-refractivity contribution is -0.122. The summed E-state index contributed by atoms with van der Waals surface area (Å²) in [6.07, 6.45) is 1.97. The summed E-state index contributed by atoms with van der Waals surface area (Å²) < 4.78 is 41.3. The molecule has 0 saturated heterocycles. The van der Waals surface area contributed by atoms with Crippen molar-refractivity contribution in [2.75, 3.05) is 0 Å². The van der Waals surface area contributed by atoms with E-state index in [1.54, 1.807) is 0 Å². The molecule has 0 bridgehead atoms. The molecule has 1 saturated carbocycles. The largest absolute Gasteiger partial charge is 0.352 e. The highest BCUT2D eigenvalue weighted by Crippen LogP contribution is 2.20. The number of nitrogens with one attached hydrogen (secondary N) is 2. The van der Waals surface area contributed by atoms with Gasteiger partial charge >= 0.3 is 0 Å². The van der Waals surface area contributed by atoms with Crippen LogP contribution in [0.15, 0.2) is 59.5 Å². The molecule has 1 aliphatic carbocycles. The van der Waals surface area contributed by atoms with Crippen LogP contribution < -0.4 is 10.0 Å². The van der Waals surface area contributed by atoms with Crippen LogP contribution in [0.25, 0.3) is 0 Å². The molecule has 0 unspecified atom stereocenters. The van der Waals surface area contributed by atoms with E-state index in [0.717, 1.165) is 24.5 Å². The van der Waals surface area contributed by atoms with Gasteiger partial charge in [0.25, 0.3) is 0 Å². The third kappa shape index (κ3) is 4.64. The van der Waals surface area contributed by atoms with Crippen LogP contribution in [-0.2, 0) is 21.2 Å². The highest BCUT2D eigenvalue weighted by molar-refractivity contribution is 7.89. The molecule has 7 heteroatoms. The van der Waals surface area contributed by atoms with Crippen molar-refractivity contribution in [2.45, 2.75) is 36.2 Å². The van der Waals surface area contributed by atoms with Gasteiger partial charge in [0.15, 0.2) is 0 Å². The number of sulfonamides is 1. The Hall–Kier alpha value is -2.25. The molecule has 2 aromatic rings. The maximum absolute atomic E-state index is 13.9. The average Bonchev–Trinajstić information content (AvgIpc) is 3.39. The lowest BCUT2D eigenvalue weighted by atomic mass is 10.1. The van der Waals surface area contributed by atoms with Crippen LogP contribution >= 0.6 is 0 Å². The predicted octanol–water partition coefficient (Wildman–Crippen LogP) is 1.99. The Morgan fingerprint density at radius 3 is 2.36 bits per heavy atom. The fourth-order valence-corrected chi connectivity index (χ4v) is 3.75. The molecule has 0 spiro atoms. The number of hydrogen-bond donors (Lipinski definition) is 2. The molecular weight excluding hydrogens is 343 g/mol. The Bertz CT molecular complexity index is 852. The number of rotatable bonds is 7. The topological polar surface area (TPSA) is 75.3 Å². The molecule has 132 valence electrons. The van der Waals surface area contributed by atoms with Crippen molar-refractivity contribution in [3.63, 3.8) is 0 Å². The maximum atomic E-state index is 13.9. The van der Waals surface area contributed by atoms with E-state index in [0.29, 0.717) is 0 Å². The van der Waals surface area contributed by atoms with Crippen LogP contribution in [0.3, 0.4) is 0 Å². The van der Waals surface area contributed by atoms with E-state index in [1.165, 1.54) is 18.2 Å². The summed E-state index contributed by atoms with van der Waals surface area (Å²) in [6, 6.07) is 13.3. The first-order chi connectivity index (χ1) is 12.0. The van der Waals surface area contributed by atoms with Crippen molar-refractivity contribution in [1.82, 2.24) is 10.0 Å². The van der Waals surface area contributed by atoms with Crippen molar-refractivity contribution in [3.05, 3.63) is 66.0 Å². The SMILES string of the molecule is O=C(NC1CC1)[C@H](Cc1ccccc1)NS(=O)(=O)c1ccccc1F. The maximum Gasteiger partial charge on any atom is 0.244 e. The van der Waals surface area contributed by atoms with Gasteiger partial charge in [0, 0.05) is 6.04 Å². The summed E-state index contributed by atoms with van der Waals surface area (Å²) in [7, 11) is -4.16. The summed E-state index contributed by atoms with van der Waals surface area (Å²) in [6.45, 7) is 0. The van der Waals surface area contributed by atoms with Gasteiger partial charge in [0.2, 0.25) is 15.9 Å². The first-order valence-electron chi connectivity index (χ1n) is 8.07. The number of carbonyl (C=O) groups excluding carboxylic acids is 1. The highest BCUT2D eigenvalue weighted by Gasteiger charge is 2.31. The zero-order valence-corrected chi connectivity index (χ0v) is 14.3. The second-order valence-corrected chi connectivity index (χ2v) is 7.76. The van der Waals surface area contributed by atoms with Gasteiger partial charge in [0.1, 0.15) is 16.8 Å². The van der Waals surface area contributed by atoms with E-state index in [2.05, 4.69) is 10.0 Å². The molecule has 1 fully saturated rings. The van der Waals surface area contributed by atoms with Crippen molar-refractivity contribution in [1.29, 1.82) is 0 Å². The highest BCUT2D eigenvalue weighted by atomic mass is 32.2. The van der Waals surface area contributed by atoms with Crippen LogP contribution in [0.4, 0.5) is 4.39 Å². The van der Waals surface area contributed by atoms with Crippen molar-refractivity contribution in [2.24, 2.45) is 0 Å². The fourth-order valence-electron chi connectivity index (χ4n) is 2.48. The number of hydrogen-bond acceptors (Lipinski definition) is 3. The lowest BCUT2D eigenvalue weighted by Crippen LogP contribution is -2.48. The Labute approximate surface area is 146 Å². The first-order valence-corrected chi connectivity index (χ1v) is 9.55. The zero-order valence-electron chi connectivity index (χ0n) is 13.5. The van der Waals surface area contributed by atoms with Crippen molar-refractivity contribution in [3.8, 4) is 0 Å². The zero-order chi connectivity index (χ0) is 17.9. The minimum Gasteiger partial charge on any atom is -0.352 e. The second kappa shape index (κ2) is 7.33. The Morgan fingerprint density at radius 2 is 1.72 bits per heavy atom. The fraction of sp³-hybridized carbons (Fsp3) is 0.278. The molecule has 0 radical (unpaired) electrons. The minimum absolute atomic E-state index is 0.101. The van der Waals surface area contributed by atoms with Gasteiger partial charge in [-0.15, -0.1) is 0 Å². The molecule has 5 nitrogen and oxygen atoms in total. The molecule has 1 amide bonds. The number of benzene rings is 2. The second-order valence-electron chi connectivity index (χ2n) is 6.08. The van der Waals surface area contributed by atoms with E-state index in [-0.39, 0.29) is 12.5 Å². The van der Waals surface area contributed by atoms with Gasteiger partial charge in [0.05, 0.1) is 0 Å². The first kappa shape index (κ1) is 17.6. The van der Waals surface area contributed by atoms with Gasteiger partial charge in [-0.2, -0.15) is 4.72 Å². The lowest BCUT2D eigenvalue weighted by Gasteiger charge is -2.19. The van der Waals surface area contributed by atoms with Crippen LogP contribution in [-0.4, -0.2) is 26.4 Å². The quantitative estimate of drug-likeness (QED) is 0.791. The molecule has 0 aromatic heterocycles. The summed E-state index contributed by atoms with van der Waals surface area (Å²) in [5, 5.41) is 2.80. The predicted molar refractivity (Wildman–Crippen MR) is 91.8 cm³/mol. The number of amides is 1. The summed E-state index contributed by atoms with van der Waals surface area (Å²) in [5.74, 6) is -1.25. The average molecular weight is 362 g/mol. The summed E-state index contributed by atoms with van der Waals surface area (Å²) in [4.78, 5) is 12.0. The number of halogens is 1. The van der Waals surface area contributed by atoms with Crippen molar-refractivity contribution < 1.29 is 17.6 Å². The van der Waals surface area contributed by atoms with Crippen molar-refractivity contribution >= 4 is 15.9 Å².